The van der Waals surface area contributed by atoms with Gasteiger partial charge in [0.2, 0.25) is 0 Å². The lowest BCUT2D eigenvalue weighted by Gasteiger charge is -2.23. The van der Waals surface area contributed by atoms with E-state index in [0.29, 0.717) is 28.7 Å². The first-order chi connectivity index (χ1) is 14.3. The number of fused-ring (bicyclic) bond motifs is 1. The van der Waals surface area contributed by atoms with Gasteiger partial charge in [0.05, 0.1) is 5.56 Å². The molecule has 0 amide bonds. The molecule has 8 heteroatoms. The van der Waals surface area contributed by atoms with E-state index >= 15 is 0 Å². The van der Waals surface area contributed by atoms with Crippen molar-refractivity contribution in [3.63, 3.8) is 0 Å². The number of aromatic amines is 1. The molecule has 1 saturated heterocycles. The van der Waals surface area contributed by atoms with Crippen molar-refractivity contribution in [3.05, 3.63) is 41.7 Å². The van der Waals surface area contributed by atoms with E-state index in [1.54, 1.807) is 24.4 Å². The number of H-pyrrole nitrogens is 1. The summed E-state index contributed by atoms with van der Waals surface area (Å²) in [6.45, 7) is 5.30. The molecule has 2 atom stereocenters. The van der Waals surface area contributed by atoms with Gasteiger partial charge in [-0.25, -0.2) is 4.98 Å². The molecule has 1 aliphatic rings. The molecule has 0 bridgehead atoms. The highest BCUT2D eigenvalue weighted by molar-refractivity contribution is 5.90. The molecule has 4 heterocycles. The number of nitrogens with one attached hydrogen (secondary N) is 2. The summed E-state index contributed by atoms with van der Waals surface area (Å²) >= 11 is 0. The molecular weight excluding hydrogens is 391 g/mol. The molecule has 5 nitrogen and oxygen atoms in total. The topological polar surface area (TPSA) is 66.5 Å². The minimum Gasteiger partial charge on any atom is -0.314 e. The lowest BCUT2D eigenvalue weighted by Crippen LogP contribution is -2.30. The summed E-state index contributed by atoms with van der Waals surface area (Å²) in [6, 6.07) is 6.45. The van der Waals surface area contributed by atoms with Crippen LogP contribution in [0.25, 0.3) is 22.4 Å². The summed E-state index contributed by atoms with van der Waals surface area (Å²) in [6.07, 6.45) is 0.860. The molecule has 1 aliphatic heterocycles. The van der Waals surface area contributed by atoms with Crippen LogP contribution in [0, 0.1) is 5.92 Å². The molecule has 2 N–H and O–H groups in total. The first kappa shape index (κ1) is 20.8. The van der Waals surface area contributed by atoms with Crippen LogP contribution >= 0.6 is 0 Å². The third-order valence-corrected chi connectivity index (χ3v) is 5.69. The lowest BCUT2D eigenvalue weighted by molar-refractivity contribution is -0.137. The highest BCUT2D eigenvalue weighted by Crippen LogP contribution is 2.39. The number of pyridine rings is 2. The minimum atomic E-state index is -4.51. The van der Waals surface area contributed by atoms with Crippen LogP contribution in [0.4, 0.5) is 13.2 Å². The Labute approximate surface area is 173 Å². The SMILES string of the molecule is CC(C)C[C@H]1CC(c2ccc(C(F)(F)F)c(-c3n[nH]c4ncccc34)n2)CCCN1. The van der Waals surface area contributed by atoms with Crippen LogP contribution < -0.4 is 5.32 Å². The molecule has 1 fully saturated rings. The van der Waals surface area contributed by atoms with Gasteiger partial charge in [0.15, 0.2) is 5.65 Å². The predicted octanol–water partition coefficient (Wildman–Crippen LogP) is 5.31. The molecular formula is C22H26F3N5. The van der Waals surface area contributed by atoms with E-state index in [1.807, 2.05) is 0 Å². The summed E-state index contributed by atoms with van der Waals surface area (Å²) < 4.78 is 41.3. The van der Waals surface area contributed by atoms with Gasteiger partial charge in [-0.2, -0.15) is 18.3 Å². The fourth-order valence-corrected chi connectivity index (χ4v) is 4.36. The van der Waals surface area contributed by atoms with Crippen molar-refractivity contribution in [2.24, 2.45) is 5.92 Å². The molecule has 3 aromatic rings. The lowest BCUT2D eigenvalue weighted by atomic mass is 9.89. The van der Waals surface area contributed by atoms with Crippen LogP contribution in [0.15, 0.2) is 30.5 Å². The Morgan fingerprint density at radius 3 is 2.77 bits per heavy atom. The van der Waals surface area contributed by atoms with Crippen molar-refractivity contribution in [1.29, 1.82) is 0 Å². The van der Waals surface area contributed by atoms with E-state index in [1.165, 1.54) is 0 Å². The van der Waals surface area contributed by atoms with Crippen molar-refractivity contribution < 1.29 is 13.2 Å². The monoisotopic (exact) mass is 417 g/mol. The van der Waals surface area contributed by atoms with Gasteiger partial charge in [0.25, 0.3) is 0 Å². The normalized spacial score (nSPS) is 20.6. The maximum absolute atomic E-state index is 13.8. The Hall–Kier alpha value is -2.48. The standard InChI is InChI=1S/C22H26F3N5/c1-13(2)11-15-12-14(5-3-9-26-15)18-8-7-17(22(23,24)25)20(28-18)19-16-6-4-10-27-21(16)30-29-19/h4,6-8,10,13-15,26H,3,5,9,11-12H2,1-2H3,(H,27,29,30)/t14?,15-/m0/s1. The zero-order chi connectivity index (χ0) is 21.3. The quantitative estimate of drug-likeness (QED) is 0.604. The summed E-state index contributed by atoms with van der Waals surface area (Å²) in [7, 11) is 0. The molecule has 1 unspecified atom stereocenters. The van der Waals surface area contributed by atoms with Gasteiger partial charge in [0.1, 0.15) is 11.4 Å². The van der Waals surface area contributed by atoms with E-state index in [4.69, 9.17) is 0 Å². The second-order valence-corrected chi connectivity index (χ2v) is 8.46. The second-order valence-electron chi connectivity index (χ2n) is 8.46. The van der Waals surface area contributed by atoms with Gasteiger partial charge in [0, 0.05) is 29.2 Å². The van der Waals surface area contributed by atoms with Crippen LogP contribution in [0.1, 0.15) is 56.7 Å². The number of halogens is 3. The fraction of sp³-hybridized carbons (Fsp3) is 0.500. The molecule has 0 radical (unpaired) electrons. The maximum Gasteiger partial charge on any atom is 0.418 e. The molecule has 4 rings (SSSR count). The first-order valence-corrected chi connectivity index (χ1v) is 10.4. The van der Waals surface area contributed by atoms with Gasteiger partial charge >= 0.3 is 6.18 Å². The Kier molecular flexibility index (Phi) is 5.77. The third kappa shape index (κ3) is 4.33. The Bertz CT molecular complexity index is 1010. The summed E-state index contributed by atoms with van der Waals surface area (Å²) in [5.74, 6) is 0.674. The predicted molar refractivity (Wildman–Crippen MR) is 110 cm³/mol. The van der Waals surface area contributed by atoms with Crippen LogP contribution in [0.3, 0.4) is 0 Å². The van der Waals surface area contributed by atoms with E-state index in [-0.39, 0.29) is 17.3 Å². The van der Waals surface area contributed by atoms with Crippen LogP contribution in [0.2, 0.25) is 0 Å². The third-order valence-electron chi connectivity index (χ3n) is 5.69. The highest BCUT2D eigenvalue weighted by Gasteiger charge is 2.36. The Balaban J connectivity index is 1.77. The van der Waals surface area contributed by atoms with Crippen molar-refractivity contribution in [3.8, 4) is 11.4 Å². The van der Waals surface area contributed by atoms with Gasteiger partial charge in [-0.05, 0) is 62.4 Å². The Morgan fingerprint density at radius 2 is 2.00 bits per heavy atom. The van der Waals surface area contributed by atoms with Crippen LogP contribution in [-0.4, -0.2) is 32.8 Å². The zero-order valence-corrected chi connectivity index (χ0v) is 17.1. The largest absolute Gasteiger partial charge is 0.418 e. The molecule has 160 valence electrons. The Morgan fingerprint density at radius 1 is 1.17 bits per heavy atom. The van der Waals surface area contributed by atoms with Gasteiger partial charge < -0.3 is 5.32 Å². The molecule has 30 heavy (non-hydrogen) atoms. The van der Waals surface area contributed by atoms with Gasteiger partial charge in [-0.15, -0.1) is 0 Å². The van der Waals surface area contributed by atoms with E-state index in [9.17, 15) is 13.2 Å². The smallest absolute Gasteiger partial charge is 0.314 e. The molecule has 0 spiro atoms. The minimum absolute atomic E-state index is 0.119. The fourth-order valence-electron chi connectivity index (χ4n) is 4.36. The van der Waals surface area contributed by atoms with Crippen molar-refractivity contribution in [2.45, 2.75) is 57.7 Å². The first-order valence-electron chi connectivity index (χ1n) is 10.4. The number of hydrogen-bond acceptors (Lipinski definition) is 4. The van der Waals surface area contributed by atoms with Crippen molar-refractivity contribution in [1.82, 2.24) is 25.5 Å². The molecule has 0 aromatic carbocycles. The highest BCUT2D eigenvalue weighted by atomic mass is 19.4. The molecule has 0 saturated carbocycles. The van der Waals surface area contributed by atoms with Crippen LogP contribution in [-0.2, 0) is 6.18 Å². The number of rotatable bonds is 4. The maximum atomic E-state index is 13.8. The van der Waals surface area contributed by atoms with Gasteiger partial charge in [-0.1, -0.05) is 13.8 Å². The van der Waals surface area contributed by atoms with Crippen molar-refractivity contribution >= 4 is 11.0 Å². The van der Waals surface area contributed by atoms with E-state index in [0.717, 1.165) is 38.3 Å². The molecule has 0 aliphatic carbocycles. The number of alkyl halides is 3. The van der Waals surface area contributed by atoms with Crippen molar-refractivity contribution in [2.75, 3.05) is 6.54 Å². The van der Waals surface area contributed by atoms with Crippen LogP contribution in [0.5, 0.6) is 0 Å². The zero-order valence-electron chi connectivity index (χ0n) is 17.1. The molecule has 3 aromatic heterocycles. The average molecular weight is 417 g/mol. The average Bonchev–Trinajstić information content (AvgIpc) is 2.99. The number of nitrogens with zero attached hydrogens (tertiary/aromatic N) is 3. The summed E-state index contributed by atoms with van der Waals surface area (Å²) in [4.78, 5) is 8.70. The summed E-state index contributed by atoms with van der Waals surface area (Å²) in [5.41, 5.74) is 0.447. The summed E-state index contributed by atoms with van der Waals surface area (Å²) in [5, 5.41) is 11.0. The van der Waals surface area contributed by atoms with E-state index in [2.05, 4.69) is 39.3 Å². The number of hydrogen-bond donors (Lipinski definition) is 2. The van der Waals surface area contributed by atoms with E-state index < -0.39 is 11.7 Å². The second kappa shape index (κ2) is 8.34. The number of aromatic nitrogens is 4. The van der Waals surface area contributed by atoms with Gasteiger partial charge in [-0.3, -0.25) is 10.1 Å².